The van der Waals surface area contributed by atoms with Gasteiger partial charge in [0.1, 0.15) is 0 Å². The molecule has 0 amide bonds. The molecule has 0 nitrogen and oxygen atoms in total. The van der Waals surface area contributed by atoms with E-state index in [1.807, 2.05) is 0 Å². The maximum Gasteiger partial charge on any atom is 0 e. The first-order valence-electron chi connectivity index (χ1n) is 4.33. The van der Waals surface area contributed by atoms with E-state index < -0.39 is 0 Å². The van der Waals surface area contributed by atoms with Crippen molar-refractivity contribution >= 4 is 0 Å². The van der Waals surface area contributed by atoms with Crippen LogP contribution in [0.25, 0.3) is 0 Å². The van der Waals surface area contributed by atoms with Crippen molar-refractivity contribution in [2.24, 2.45) is 0 Å². The van der Waals surface area contributed by atoms with Crippen molar-refractivity contribution < 1.29 is 32.7 Å². The van der Waals surface area contributed by atoms with Gasteiger partial charge in [-0.05, 0) is 11.5 Å². The molecule has 0 aliphatic heterocycles. The summed E-state index contributed by atoms with van der Waals surface area (Å²) in [6, 6.07) is 10.8. The molecule has 1 heteroatoms. The first-order chi connectivity index (χ1) is 5.47. The Morgan fingerprint density at radius 2 is 1.92 bits per heavy atom. The van der Waals surface area contributed by atoms with Gasteiger partial charge in [0.15, 0.2) is 0 Å². The maximum atomic E-state index is 2.40. The molecule has 1 saturated carbocycles. The van der Waals surface area contributed by atoms with Crippen molar-refractivity contribution in [3.63, 3.8) is 0 Å². The predicted molar refractivity (Wildman–Crippen MR) is 47.3 cm³/mol. The molecule has 1 aromatic rings. The van der Waals surface area contributed by atoms with Crippen LogP contribution in [0.2, 0.25) is 0 Å². The summed E-state index contributed by atoms with van der Waals surface area (Å²) in [6.07, 6.45) is 6.34. The maximum absolute atomic E-state index is 2.40. The van der Waals surface area contributed by atoms with Gasteiger partial charge >= 0.3 is 0 Å². The van der Waals surface area contributed by atoms with Crippen LogP contribution < -0.4 is 0 Å². The van der Waals surface area contributed by atoms with Crippen molar-refractivity contribution in [3.05, 3.63) is 42.3 Å². The molecule has 1 aliphatic rings. The van der Waals surface area contributed by atoms with E-state index in [9.17, 15) is 0 Å². The molecule has 1 aromatic carbocycles. The monoisotopic (exact) mass is 234 g/mol. The van der Waals surface area contributed by atoms with Gasteiger partial charge in [-0.15, -0.1) is 0 Å². The van der Waals surface area contributed by atoms with Crippen LogP contribution in [-0.2, 0) is 32.7 Å². The molecule has 1 atom stereocenters. The summed E-state index contributed by atoms with van der Waals surface area (Å²) in [5, 5.41) is 0. The van der Waals surface area contributed by atoms with E-state index in [0.29, 0.717) is 0 Å². The summed E-state index contributed by atoms with van der Waals surface area (Å²) in [5.74, 6) is 0.816. The molecule has 1 unspecified atom stereocenters. The Labute approximate surface area is 99.6 Å². The second-order valence-corrected chi connectivity index (χ2v) is 3.21. The van der Waals surface area contributed by atoms with Gasteiger partial charge in [0, 0.05) is 32.7 Å². The molecule has 0 spiro atoms. The van der Waals surface area contributed by atoms with Crippen LogP contribution in [0.3, 0.4) is 0 Å². The third kappa shape index (κ3) is 2.40. The molecule has 1 aliphatic carbocycles. The summed E-state index contributed by atoms with van der Waals surface area (Å²) in [6.45, 7) is 0. The molecule has 1 fully saturated rings. The van der Waals surface area contributed by atoms with Crippen molar-refractivity contribution in [2.45, 2.75) is 25.2 Å². The fourth-order valence-corrected chi connectivity index (χ4v) is 1.78. The van der Waals surface area contributed by atoms with Crippen molar-refractivity contribution in [2.75, 3.05) is 0 Å². The molecule has 1 radical (unpaired) electrons. The standard InChI is InChI=1S/C11H13.Y/c1-2-6-10(7-3-1)11-8-4-5-9-11;/h1-4,6-7,11H,5,8-9H2;/q-1;. The van der Waals surface area contributed by atoms with Gasteiger partial charge in [0.25, 0.3) is 0 Å². The number of benzene rings is 1. The van der Waals surface area contributed by atoms with Crippen LogP contribution in [0.1, 0.15) is 30.7 Å². The summed E-state index contributed by atoms with van der Waals surface area (Å²) in [7, 11) is 0. The zero-order chi connectivity index (χ0) is 7.52. The van der Waals surface area contributed by atoms with Gasteiger partial charge in [-0.3, -0.25) is 0 Å². The Morgan fingerprint density at radius 1 is 1.17 bits per heavy atom. The molecule has 61 valence electrons. The van der Waals surface area contributed by atoms with E-state index in [0.717, 1.165) is 5.92 Å². The summed E-state index contributed by atoms with van der Waals surface area (Å²) in [4.78, 5) is 0. The molecule has 0 heterocycles. The first kappa shape index (κ1) is 10.4. The molecule has 0 bridgehead atoms. The Balaban J connectivity index is 0.000000720. The van der Waals surface area contributed by atoms with E-state index in [2.05, 4.69) is 36.8 Å². The molecule has 0 saturated heterocycles. The van der Waals surface area contributed by atoms with E-state index in [-0.39, 0.29) is 32.7 Å². The zero-order valence-electron chi connectivity index (χ0n) is 7.24. The van der Waals surface area contributed by atoms with Crippen LogP contribution in [0.5, 0.6) is 0 Å². The zero-order valence-corrected chi connectivity index (χ0v) is 10.1. The topological polar surface area (TPSA) is 0 Å². The molecule has 2 rings (SSSR count). The number of hydrogen-bond donors (Lipinski definition) is 0. The SMILES string of the molecule is [Y].c1ccc(C2C[CH-]CC2)cc1. The van der Waals surface area contributed by atoms with Gasteiger partial charge in [0.05, 0.1) is 0 Å². The number of rotatable bonds is 1. The van der Waals surface area contributed by atoms with Gasteiger partial charge in [-0.25, -0.2) is 0 Å². The van der Waals surface area contributed by atoms with Gasteiger partial charge in [-0.2, -0.15) is 12.8 Å². The van der Waals surface area contributed by atoms with E-state index >= 15 is 0 Å². The van der Waals surface area contributed by atoms with Gasteiger partial charge in [-0.1, -0.05) is 36.8 Å². The van der Waals surface area contributed by atoms with Crippen molar-refractivity contribution in [1.82, 2.24) is 0 Å². The van der Waals surface area contributed by atoms with E-state index in [4.69, 9.17) is 0 Å². The molecular weight excluding hydrogens is 221 g/mol. The second-order valence-electron chi connectivity index (χ2n) is 3.21. The quantitative estimate of drug-likeness (QED) is 0.655. The largest absolute Gasteiger partial charge is 0.328 e. The normalized spacial score (nSPS) is 21.8. The number of hydrogen-bond acceptors (Lipinski definition) is 0. The molecule has 12 heavy (non-hydrogen) atoms. The molecule has 0 aromatic heterocycles. The van der Waals surface area contributed by atoms with Crippen LogP contribution in [0.4, 0.5) is 0 Å². The third-order valence-corrected chi connectivity index (χ3v) is 2.44. The van der Waals surface area contributed by atoms with E-state index in [1.54, 1.807) is 0 Å². The minimum Gasteiger partial charge on any atom is -0.328 e. The smallest absolute Gasteiger partial charge is 0 e. The van der Waals surface area contributed by atoms with E-state index in [1.165, 1.54) is 24.8 Å². The molecular formula is C11H13Y-. The third-order valence-electron chi connectivity index (χ3n) is 2.44. The minimum absolute atomic E-state index is 0. The summed E-state index contributed by atoms with van der Waals surface area (Å²) < 4.78 is 0. The van der Waals surface area contributed by atoms with Gasteiger partial charge < -0.3 is 6.42 Å². The molecule has 0 N–H and O–H groups in total. The fraction of sp³-hybridized carbons (Fsp3) is 0.364. The van der Waals surface area contributed by atoms with Crippen LogP contribution in [0, 0.1) is 6.42 Å². The van der Waals surface area contributed by atoms with Gasteiger partial charge in [0.2, 0.25) is 0 Å². The average molecular weight is 234 g/mol. The Bertz CT molecular complexity index is 212. The van der Waals surface area contributed by atoms with Crippen LogP contribution in [-0.4, -0.2) is 0 Å². The van der Waals surface area contributed by atoms with Crippen molar-refractivity contribution in [1.29, 1.82) is 0 Å². The Hall–Kier alpha value is 0.324. The minimum atomic E-state index is 0. The predicted octanol–water partition coefficient (Wildman–Crippen LogP) is 3.16. The average Bonchev–Trinajstić information content (AvgIpc) is 2.58. The summed E-state index contributed by atoms with van der Waals surface area (Å²) >= 11 is 0. The van der Waals surface area contributed by atoms with Crippen LogP contribution in [0.15, 0.2) is 30.3 Å². The first-order valence-corrected chi connectivity index (χ1v) is 4.33. The Kier molecular flexibility index (Phi) is 4.46. The van der Waals surface area contributed by atoms with Crippen molar-refractivity contribution in [3.8, 4) is 0 Å². The fourth-order valence-electron chi connectivity index (χ4n) is 1.78. The second kappa shape index (κ2) is 5.14. The Morgan fingerprint density at radius 3 is 2.50 bits per heavy atom. The van der Waals surface area contributed by atoms with Crippen LogP contribution >= 0.6 is 0 Å². The summed E-state index contributed by atoms with van der Waals surface area (Å²) in [5.41, 5.74) is 1.52.